The molecule has 134 valence electrons. The van der Waals surface area contributed by atoms with Crippen molar-refractivity contribution in [2.45, 2.75) is 26.7 Å². The Kier molecular flexibility index (Phi) is 5.46. The van der Waals surface area contributed by atoms with Gasteiger partial charge >= 0.3 is 0 Å². The van der Waals surface area contributed by atoms with Gasteiger partial charge < -0.3 is 10.1 Å². The molecular weight excluding hydrogens is 336 g/mol. The summed E-state index contributed by atoms with van der Waals surface area (Å²) in [6.45, 7) is 6.18. The fraction of sp³-hybridized carbons (Fsp3) is 0.500. The number of nitrogens with one attached hydrogen (secondary N) is 2. The van der Waals surface area contributed by atoms with E-state index >= 15 is 0 Å². The Balaban J connectivity index is 1.77. The zero-order valence-electron chi connectivity index (χ0n) is 14.9. The summed E-state index contributed by atoms with van der Waals surface area (Å²) in [5, 5.41) is 16.0. The number of carbonyl (C=O) groups excluding carboxylic acids is 1. The molecule has 3 rings (SSSR count). The van der Waals surface area contributed by atoms with Gasteiger partial charge in [0.25, 0.3) is 0 Å². The lowest BCUT2D eigenvalue weighted by Gasteiger charge is -2.35. The Morgan fingerprint density at radius 3 is 2.56 bits per heavy atom. The predicted octanol–water partition coefficient (Wildman–Crippen LogP) is 2.78. The third kappa shape index (κ3) is 4.05. The highest BCUT2D eigenvalue weighted by Crippen LogP contribution is 2.33. The van der Waals surface area contributed by atoms with E-state index in [4.69, 9.17) is 4.74 Å². The Labute approximate surface area is 152 Å². The molecule has 0 saturated carbocycles. The number of methoxy groups -OCH3 is 1. The summed E-state index contributed by atoms with van der Waals surface area (Å²) in [5.41, 5.74) is 2.91. The molecule has 1 aliphatic heterocycles. The van der Waals surface area contributed by atoms with Crippen LogP contribution in [0.5, 0.6) is 0 Å². The number of ether oxygens (including phenoxy) is 1. The standard InChI is InChI=1S/C18H24N4O2S/c1-12-8-13(2)10-14(9-12)15-21-22-17(25-15)20-16(23)18(11-24-3)4-6-19-7-5-18/h8-10,19H,4-7,11H2,1-3H3,(H,20,22,23). The number of piperidine rings is 1. The molecule has 2 aromatic rings. The molecule has 0 bridgehead atoms. The second-order valence-electron chi connectivity index (χ2n) is 6.71. The van der Waals surface area contributed by atoms with Crippen LogP contribution < -0.4 is 10.6 Å². The van der Waals surface area contributed by atoms with Gasteiger partial charge in [-0.05, 0) is 51.9 Å². The van der Waals surface area contributed by atoms with Crippen LogP contribution in [0.2, 0.25) is 0 Å². The normalized spacial score (nSPS) is 16.6. The van der Waals surface area contributed by atoms with Gasteiger partial charge in [-0.3, -0.25) is 10.1 Å². The second-order valence-corrected chi connectivity index (χ2v) is 7.68. The number of carbonyl (C=O) groups is 1. The number of amides is 1. The first kappa shape index (κ1) is 18.0. The topological polar surface area (TPSA) is 76.1 Å². The summed E-state index contributed by atoms with van der Waals surface area (Å²) >= 11 is 1.40. The van der Waals surface area contributed by atoms with Crippen LogP contribution >= 0.6 is 11.3 Å². The van der Waals surface area contributed by atoms with Crippen LogP contribution in [-0.4, -0.2) is 42.9 Å². The van der Waals surface area contributed by atoms with Crippen molar-refractivity contribution in [1.82, 2.24) is 15.5 Å². The fourth-order valence-corrected chi connectivity index (χ4v) is 4.06. The number of hydrogen-bond donors (Lipinski definition) is 2. The van der Waals surface area contributed by atoms with Gasteiger partial charge in [-0.15, -0.1) is 10.2 Å². The van der Waals surface area contributed by atoms with E-state index in [2.05, 4.69) is 52.9 Å². The summed E-state index contributed by atoms with van der Waals surface area (Å²) in [7, 11) is 1.64. The third-order valence-electron chi connectivity index (χ3n) is 4.58. The van der Waals surface area contributed by atoms with Gasteiger partial charge in [0, 0.05) is 12.7 Å². The number of aryl methyl sites for hydroxylation is 2. The van der Waals surface area contributed by atoms with Crippen molar-refractivity contribution in [1.29, 1.82) is 0 Å². The van der Waals surface area contributed by atoms with Crippen molar-refractivity contribution in [3.63, 3.8) is 0 Å². The van der Waals surface area contributed by atoms with Crippen molar-refractivity contribution in [2.24, 2.45) is 5.41 Å². The molecule has 1 amide bonds. The zero-order chi connectivity index (χ0) is 17.9. The van der Waals surface area contributed by atoms with E-state index in [1.54, 1.807) is 7.11 Å². The van der Waals surface area contributed by atoms with Gasteiger partial charge in [0.1, 0.15) is 5.01 Å². The first-order valence-electron chi connectivity index (χ1n) is 8.46. The highest BCUT2D eigenvalue weighted by Gasteiger charge is 2.40. The summed E-state index contributed by atoms with van der Waals surface area (Å²) in [6.07, 6.45) is 1.52. The van der Waals surface area contributed by atoms with E-state index in [1.165, 1.54) is 22.5 Å². The number of benzene rings is 1. The Morgan fingerprint density at radius 2 is 1.92 bits per heavy atom. The van der Waals surface area contributed by atoms with Crippen molar-refractivity contribution in [3.05, 3.63) is 29.3 Å². The van der Waals surface area contributed by atoms with Crippen LogP contribution in [-0.2, 0) is 9.53 Å². The molecule has 7 heteroatoms. The molecule has 1 fully saturated rings. The van der Waals surface area contributed by atoms with Crippen molar-refractivity contribution >= 4 is 22.4 Å². The van der Waals surface area contributed by atoms with E-state index in [0.29, 0.717) is 11.7 Å². The second kappa shape index (κ2) is 7.59. The molecule has 2 heterocycles. The van der Waals surface area contributed by atoms with Crippen molar-refractivity contribution in [2.75, 3.05) is 32.1 Å². The van der Waals surface area contributed by atoms with Crippen LogP contribution in [0.3, 0.4) is 0 Å². The molecular formula is C18H24N4O2S. The maximum absolute atomic E-state index is 12.9. The van der Waals surface area contributed by atoms with Crippen LogP contribution in [0.4, 0.5) is 5.13 Å². The lowest BCUT2D eigenvalue weighted by atomic mass is 9.79. The molecule has 2 N–H and O–H groups in total. The van der Waals surface area contributed by atoms with Gasteiger partial charge in [0.05, 0.1) is 12.0 Å². The molecule has 6 nitrogen and oxygen atoms in total. The van der Waals surface area contributed by atoms with Crippen LogP contribution in [0.15, 0.2) is 18.2 Å². The van der Waals surface area contributed by atoms with E-state index in [1.807, 2.05) is 0 Å². The third-order valence-corrected chi connectivity index (χ3v) is 5.46. The summed E-state index contributed by atoms with van der Waals surface area (Å²) < 4.78 is 5.32. The van der Waals surface area contributed by atoms with Gasteiger partial charge in [-0.25, -0.2) is 0 Å². The largest absolute Gasteiger partial charge is 0.384 e. The average molecular weight is 360 g/mol. The first-order chi connectivity index (χ1) is 12.0. The molecule has 25 heavy (non-hydrogen) atoms. The molecule has 1 aromatic heterocycles. The van der Waals surface area contributed by atoms with Crippen LogP contribution in [0, 0.1) is 19.3 Å². The maximum atomic E-state index is 12.9. The van der Waals surface area contributed by atoms with E-state index < -0.39 is 5.41 Å². The van der Waals surface area contributed by atoms with E-state index in [-0.39, 0.29) is 5.91 Å². The lowest BCUT2D eigenvalue weighted by molar-refractivity contribution is -0.130. The predicted molar refractivity (Wildman–Crippen MR) is 99.9 cm³/mol. The van der Waals surface area contributed by atoms with Gasteiger partial charge in [0.15, 0.2) is 0 Å². The molecule has 1 saturated heterocycles. The molecule has 0 aliphatic carbocycles. The number of aromatic nitrogens is 2. The first-order valence-corrected chi connectivity index (χ1v) is 9.27. The summed E-state index contributed by atoms with van der Waals surface area (Å²) in [5.74, 6) is -0.0287. The minimum Gasteiger partial charge on any atom is -0.384 e. The SMILES string of the molecule is COCC1(C(=O)Nc2nnc(-c3cc(C)cc(C)c3)s2)CCNCC1. The number of rotatable bonds is 5. The summed E-state index contributed by atoms with van der Waals surface area (Å²) in [6, 6.07) is 6.29. The molecule has 0 spiro atoms. The number of anilines is 1. The minimum absolute atomic E-state index is 0.0287. The lowest BCUT2D eigenvalue weighted by Crippen LogP contribution is -2.47. The van der Waals surface area contributed by atoms with Gasteiger partial charge in [-0.1, -0.05) is 28.5 Å². The van der Waals surface area contributed by atoms with E-state index in [0.717, 1.165) is 36.5 Å². The van der Waals surface area contributed by atoms with Crippen molar-refractivity contribution in [3.8, 4) is 10.6 Å². The number of nitrogens with zero attached hydrogens (tertiary/aromatic N) is 2. The molecule has 0 radical (unpaired) electrons. The van der Waals surface area contributed by atoms with Crippen LogP contribution in [0.1, 0.15) is 24.0 Å². The van der Waals surface area contributed by atoms with Gasteiger partial charge in [-0.2, -0.15) is 0 Å². The Bertz CT molecular complexity index is 728. The highest BCUT2D eigenvalue weighted by molar-refractivity contribution is 7.18. The molecule has 1 aromatic carbocycles. The molecule has 0 unspecified atom stereocenters. The maximum Gasteiger partial charge on any atom is 0.234 e. The molecule has 1 aliphatic rings. The fourth-order valence-electron chi connectivity index (χ4n) is 3.34. The summed E-state index contributed by atoms with van der Waals surface area (Å²) in [4.78, 5) is 12.9. The average Bonchev–Trinajstić information content (AvgIpc) is 3.03. The Morgan fingerprint density at radius 1 is 1.24 bits per heavy atom. The van der Waals surface area contributed by atoms with Crippen molar-refractivity contribution < 1.29 is 9.53 Å². The quantitative estimate of drug-likeness (QED) is 0.857. The van der Waals surface area contributed by atoms with Crippen LogP contribution in [0.25, 0.3) is 10.6 Å². The molecule has 0 atom stereocenters. The monoisotopic (exact) mass is 360 g/mol. The highest BCUT2D eigenvalue weighted by atomic mass is 32.1. The smallest absolute Gasteiger partial charge is 0.234 e. The zero-order valence-corrected chi connectivity index (χ0v) is 15.7. The minimum atomic E-state index is -0.494. The van der Waals surface area contributed by atoms with E-state index in [9.17, 15) is 4.79 Å². The Hall–Kier alpha value is -1.83. The van der Waals surface area contributed by atoms with Gasteiger partial charge in [0.2, 0.25) is 11.0 Å². The number of hydrogen-bond acceptors (Lipinski definition) is 6.